The number of thioether (sulfide) groups is 1. The third-order valence-electron chi connectivity index (χ3n) is 4.78. The molecule has 2 aromatic rings. The Morgan fingerprint density at radius 2 is 1.80 bits per heavy atom. The van der Waals surface area contributed by atoms with Gasteiger partial charge in [0.15, 0.2) is 0 Å². The Morgan fingerprint density at radius 3 is 2.40 bits per heavy atom. The molecule has 1 aliphatic heterocycles. The summed E-state index contributed by atoms with van der Waals surface area (Å²) in [5.41, 5.74) is 0.956. The van der Waals surface area contributed by atoms with Crippen LogP contribution in [0.1, 0.15) is 25.8 Å². The average molecular weight is 437 g/mol. The minimum atomic E-state index is -4.48. The number of amides is 2. The monoisotopic (exact) mass is 437 g/mol. The molecule has 0 fully saturated rings. The highest BCUT2D eigenvalue weighted by Crippen LogP contribution is 2.40. The molecule has 0 aromatic heterocycles. The molecule has 2 N–H and O–H groups in total. The molecule has 2 amide bonds. The Kier molecular flexibility index (Phi) is 6.60. The van der Waals surface area contributed by atoms with Crippen LogP contribution in [0.2, 0.25) is 0 Å². The number of hydrogen-bond donors (Lipinski definition) is 2. The van der Waals surface area contributed by atoms with Crippen LogP contribution in [0, 0.1) is 0 Å². The van der Waals surface area contributed by atoms with Gasteiger partial charge in [-0.05, 0) is 56.3 Å². The van der Waals surface area contributed by atoms with E-state index in [-0.39, 0.29) is 18.0 Å². The van der Waals surface area contributed by atoms with Crippen molar-refractivity contribution in [1.29, 1.82) is 0 Å². The molecule has 1 atom stereocenters. The van der Waals surface area contributed by atoms with Gasteiger partial charge in [-0.2, -0.15) is 13.2 Å². The van der Waals surface area contributed by atoms with Gasteiger partial charge in [-0.3, -0.25) is 9.59 Å². The fourth-order valence-electron chi connectivity index (χ4n) is 3.19. The molecular formula is C21H22F3N3O2S. The van der Waals surface area contributed by atoms with Crippen LogP contribution in [-0.2, 0) is 15.8 Å². The summed E-state index contributed by atoms with van der Waals surface area (Å²) in [6.07, 6.45) is -4.57. The fraction of sp³-hybridized carbons (Fsp3) is 0.333. The molecule has 160 valence electrons. The second-order valence-electron chi connectivity index (χ2n) is 6.78. The summed E-state index contributed by atoms with van der Waals surface area (Å²) in [4.78, 5) is 27.4. The summed E-state index contributed by atoms with van der Waals surface area (Å²) in [6, 6.07) is 10.6. The van der Waals surface area contributed by atoms with E-state index in [4.69, 9.17) is 0 Å². The zero-order valence-electron chi connectivity index (χ0n) is 16.5. The van der Waals surface area contributed by atoms with Gasteiger partial charge in [0.25, 0.3) is 0 Å². The minimum Gasteiger partial charge on any atom is -0.372 e. The van der Waals surface area contributed by atoms with Crippen LogP contribution in [0.4, 0.5) is 30.2 Å². The summed E-state index contributed by atoms with van der Waals surface area (Å²) in [6.45, 7) is 5.88. The van der Waals surface area contributed by atoms with Gasteiger partial charge in [0.1, 0.15) is 0 Å². The highest BCUT2D eigenvalue weighted by Gasteiger charge is 2.34. The average Bonchev–Trinajstić information content (AvgIpc) is 2.69. The van der Waals surface area contributed by atoms with Crippen molar-refractivity contribution in [3.63, 3.8) is 0 Å². The van der Waals surface area contributed by atoms with E-state index < -0.39 is 22.9 Å². The molecule has 0 radical (unpaired) electrons. The van der Waals surface area contributed by atoms with Crippen molar-refractivity contribution in [2.45, 2.75) is 36.6 Å². The van der Waals surface area contributed by atoms with Gasteiger partial charge in [0.05, 0.1) is 16.5 Å². The van der Waals surface area contributed by atoms with Crippen LogP contribution >= 0.6 is 11.8 Å². The number of fused-ring (bicyclic) bond motifs is 1. The maximum absolute atomic E-state index is 12.8. The maximum Gasteiger partial charge on any atom is 0.416 e. The first kappa shape index (κ1) is 22.0. The van der Waals surface area contributed by atoms with Crippen molar-refractivity contribution < 1.29 is 22.8 Å². The number of nitrogens with one attached hydrogen (secondary N) is 2. The molecule has 2 aromatic carbocycles. The van der Waals surface area contributed by atoms with Crippen molar-refractivity contribution in [1.82, 2.24) is 0 Å². The first-order valence-corrected chi connectivity index (χ1v) is 10.4. The number of anilines is 3. The SMILES string of the molecule is CCN(CC)c1ccc(NC(=O)CC2Sc3ccc(C(F)(F)F)cc3NC2=O)cc1. The van der Waals surface area contributed by atoms with Gasteiger partial charge in [0, 0.05) is 35.8 Å². The smallest absolute Gasteiger partial charge is 0.372 e. The van der Waals surface area contributed by atoms with E-state index in [9.17, 15) is 22.8 Å². The van der Waals surface area contributed by atoms with Gasteiger partial charge in [0.2, 0.25) is 11.8 Å². The van der Waals surface area contributed by atoms with Gasteiger partial charge < -0.3 is 15.5 Å². The zero-order valence-corrected chi connectivity index (χ0v) is 17.4. The molecule has 1 heterocycles. The first-order valence-electron chi connectivity index (χ1n) is 9.55. The van der Waals surface area contributed by atoms with E-state index in [2.05, 4.69) is 29.4 Å². The van der Waals surface area contributed by atoms with E-state index in [0.29, 0.717) is 10.6 Å². The normalized spacial score (nSPS) is 15.9. The topological polar surface area (TPSA) is 61.4 Å². The number of carbonyl (C=O) groups excluding carboxylic acids is 2. The second-order valence-corrected chi connectivity index (χ2v) is 8.02. The molecule has 1 aliphatic rings. The number of alkyl halides is 3. The molecule has 0 saturated carbocycles. The quantitative estimate of drug-likeness (QED) is 0.668. The largest absolute Gasteiger partial charge is 0.416 e. The summed E-state index contributed by atoms with van der Waals surface area (Å²) in [5, 5.41) is 4.53. The number of nitrogens with zero attached hydrogens (tertiary/aromatic N) is 1. The van der Waals surface area contributed by atoms with Gasteiger partial charge in [-0.15, -0.1) is 11.8 Å². The first-order chi connectivity index (χ1) is 14.2. The van der Waals surface area contributed by atoms with Crippen LogP contribution < -0.4 is 15.5 Å². The Hall–Kier alpha value is -2.68. The molecule has 30 heavy (non-hydrogen) atoms. The number of benzene rings is 2. The Morgan fingerprint density at radius 1 is 1.13 bits per heavy atom. The molecule has 0 saturated heterocycles. The van der Waals surface area contributed by atoms with Crippen LogP contribution in [-0.4, -0.2) is 30.2 Å². The standard InChI is InChI=1S/C21H22F3N3O2S/c1-3-27(4-2)15-8-6-14(7-9-15)25-19(28)12-18-20(29)26-16-11-13(21(22,23)24)5-10-17(16)30-18/h5-11,18H,3-4,12H2,1-2H3,(H,25,28)(H,26,29). The van der Waals surface area contributed by atoms with E-state index >= 15 is 0 Å². The number of carbonyl (C=O) groups is 2. The molecule has 5 nitrogen and oxygen atoms in total. The van der Waals surface area contributed by atoms with E-state index in [1.54, 1.807) is 12.1 Å². The van der Waals surface area contributed by atoms with Crippen LogP contribution in [0.3, 0.4) is 0 Å². The van der Waals surface area contributed by atoms with E-state index in [0.717, 1.165) is 42.7 Å². The van der Waals surface area contributed by atoms with Gasteiger partial charge >= 0.3 is 6.18 Å². The van der Waals surface area contributed by atoms with Crippen LogP contribution in [0.5, 0.6) is 0 Å². The molecule has 0 aliphatic carbocycles. The summed E-state index contributed by atoms with van der Waals surface area (Å²) in [7, 11) is 0. The van der Waals surface area contributed by atoms with Gasteiger partial charge in [-0.25, -0.2) is 0 Å². The lowest BCUT2D eigenvalue weighted by Gasteiger charge is -2.24. The van der Waals surface area contributed by atoms with Crippen molar-refractivity contribution in [3.8, 4) is 0 Å². The summed E-state index contributed by atoms with van der Waals surface area (Å²) in [5.74, 6) is -0.826. The number of rotatable bonds is 6. The molecule has 1 unspecified atom stereocenters. The predicted molar refractivity (Wildman–Crippen MR) is 113 cm³/mol. The lowest BCUT2D eigenvalue weighted by Crippen LogP contribution is -2.32. The molecular weight excluding hydrogens is 415 g/mol. The second kappa shape index (κ2) is 8.99. The molecule has 0 spiro atoms. The Bertz CT molecular complexity index is 928. The maximum atomic E-state index is 12.8. The van der Waals surface area contributed by atoms with E-state index in [1.807, 2.05) is 12.1 Å². The highest BCUT2D eigenvalue weighted by atomic mass is 32.2. The minimum absolute atomic E-state index is 0.0885. The summed E-state index contributed by atoms with van der Waals surface area (Å²) >= 11 is 1.09. The lowest BCUT2D eigenvalue weighted by molar-refractivity contribution is -0.137. The van der Waals surface area contributed by atoms with Crippen LogP contribution in [0.15, 0.2) is 47.4 Å². The lowest BCUT2D eigenvalue weighted by atomic mass is 10.1. The van der Waals surface area contributed by atoms with Crippen molar-refractivity contribution in [2.75, 3.05) is 28.6 Å². The Balaban J connectivity index is 1.63. The van der Waals surface area contributed by atoms with E-state index in [1.165, 1.54) is 6.07 Å². The molecule has 0 bridgehead atoms. The predicted octanol–water partition coefficient (Wildman–Crippen LogP) is 4.99. The van der Waals surface area contributed by atoms with Gasteiger partial charge in [-0.1, -0.05) is 0 Å². The molecule has 3 rings (SSSR count). The van der Waals surface area contributed by atoms with Crippen LogP contribution in [0.25, 0.3) is 0 Å². The summed E-state index contributed by atoms with van der Waals surface area (Å²) < 4.78 is 38.5. The highest BCUT2D eigenvalue weighted by molar-refractivity contribution is 8.01. The number of hydrogen-bond acceptors (Lipinski definition) is 4. The number of halogens is 3. The van der Waals surface area contributed by atoms with Crippen molar-refractivity contribution in [3.05, 3.63) is 48.0 Å². The van der Waals surface area contributed by atoms with Crippen molar-refractivity contribution >= 4 is 40.6 Å². The Labute approximate surface area is 177 Å². The fourth-order valence-corrected chi connectivity index (χ4v) is 4.28. The third kappa shape index (κ3) is 5.08. The third-order valence-corrected chi connectivity index (χ3v) is 6.05. The molecule has 9 heteroatoms. The van der Waals surface area contributed by atoms with Crippen molar-refractivity contribution in [2.24, 2.45) is 0 Å². The zero-order chi connectivity index (χ0) is 21.9.